The standard InChI is InChI=1S/C21H20N2O3S/c1-4-7-23-16-10-13(2)14(3)11-19(16)27-21(23)22-20(24)15-5-6-17-18(12-15)26-9-8-25-17/h4-6,10-12H,1,7-9H2,2-3H3. The molecule has 0 atom stereocenters. The molecule has 0 N–H and O–H groups in total. The molecule has 3 aromatic rings. The number of carbonyl (C=O) groups is 1. The van der Waals surface area contributed by atoms with Gasteiger partial charge in [0, 0.05) is 12.1 Å². The van der Waals surface area contributed by atoms with Crippen molar-refractivity contribution in [1.82, 2.24) is 4.57 Å². The van der Waals surface area contributed by atoms with E-state index in [1.54, 1.807) is 18.2 Å². The molecule has 1 aliphatic heterocycles. The number of ether oxygens (including phenoxy) is 2. The zero-order valence-electron chi connectivity index (χ0n) is 15.3. The van der Waals surface area contributed by atoms with E-state index in [1.165, 1.54) is 22.5 Å². The largest absolute Gasteiger partial charge is 0.486 e. The molecule has 2 heterocycles. The van der Waals surface area contributed by atoms with Crippen molar-refractivity contribution in [2.75, 3.05) is 13.2 Å². The van der Waals surface area contributed by atoms with Crippen LogP contribution in [0.25, 0.3) is 10.2 Å². The molecule has 0 spiro atoms. The van der Waals surface area contributed by atoms with Crippen LogP contribution in [0, 0.1) is 13.8 Å². The Morgan fingerprint density at radius 3 is 2.70 bits per heavy atom. The van der Waals surface area contributed by atoms with Crippen LogP contribution in [0.2, 0.25) is 0 Å². The van der Waals surface area contributed by atoms with E-state index >= 15 is 0 Å². The second-order valence-electron chi connectivity index (χ2n) is 6.46. The molecule has 4 rings (SSSR count). The third-order valence-corrected chi connectivity index (χ3v) is 5.64. The molecule has 2 aromatic carbocycles. The molecule has 138 valence electrons. The quantitative estimate of drug-likeness (QED) is 0.645. The summed E-state index contributed by atoms with van der Waals surface area (Å²) < 4.78 is 14.2. The molecule has 27 heavy (non-hydrogen) atoms. The van der Waals surface area contributed by atoms with Gasteiger partial charge in [0.1, 0.15) is 13.2 Å². The number of hydrogen-bond acceptors (Lipinski definition) is 4. The van der Waals surface area contributed by atoms with Crippen LogP contribution in [0.1, 0.15) is 21.5 Å². The van der Waals surface area contributed by atoms with Gasteiger partial charge in [-0.1, -0.05) is 17.4 Å². The summed E-state index contributed by atoms with van der Waals surface area (Å²) in [4.78, 5) is 17.8. The topological polar surface area (TPSA) is 52.8 Å². The first-order valence-corrected chi connectivity index (χ1v) is 9.58. The van der Waals surface area contributed by atoms with Gasteiger partial charge in [0.15, 0.2) is 16.3 Å². The maximum atomic E-state index is 12.8. The Kier molecular flexibility index (Phi) is 4.58. The van der Waals surface area contributed by atoms with Gasteiger partial charge in [0.2, 0.25) is 0 Å². The van der Waals surface area contributed by atoms with E-state index in [-0.39, 0.29) is 5.91 Å². The van der Waals surface area contributed by atoms with Crippen LogP contribution in [0.5, 0.6) is 11.5 Å². The Labute approximate surface area is 161 Å². The molecule has 0 saturated carbocycles. The van der Waals surface area contributed by atoms with Crippen molar-refractivity contribution in [3.05, 3.63) is 64.5 Å². The van der Waals surface area contributed by atoms with Crippen LogP contribution in [-0.2, 0) is 6.54 Å². The lowest BCUT2D eigenvalue weighted by atomic mass is 10.1. The number of benzene rings is 2. The summed E-state index contributed by atoms with van der Waals surface area (Å²) in [6, 6.07) is 9.45. The summed E-state index contributed by atoms with van der Waals surface area (Å²) >= 11 is 1.51. The maximum Gasteiger partial charge on any atom is 0.279 e. The van der Waals surface area contributed by atoms with Gasteiger partial charge < -0.3 is 14.0 Å². The maximum absolute atomic E-state index is 12.8. The number of carbonyl (C=O) groups excluding carboxylic acids is 1. The second kappa shape index (κ2) is 7.04. The SMILES string of the molecule is C=CCn1c(=NC(=O)c2ccc3c(c2)OCCO3)sc2cc(C)c(C)cc21. The molecule has 0 radical (unpaired) electrons. The van der Waals surface area contributed by atoms with Crippen LogP contribution in [0.3, 0.4) is 0 Å². The summed E-state index contributed by atoms with van der Waals surface area (Å²) in [5.41, 5.74) is 3.98. The van der Waals surface area contributed by atoms with Crippen molar-refractivity contribution in [2.45, 2.75) is 20.4 Å². The summed E-state index contributed by atoms with van der Waals surface area (Å²) in [6.07, 6.45) is 1.81. The molecule has 0 unspecified atom stereocenters. The fraction of sp³-hybridized carbons (Fsp3) is 0.238. The first kappa shape index (κ1) is 17.5. The molecule has 1 aliphatic rings. The Morgan fingerprint density at radius 2 is 1.93 bits per heavy atom. The lowest BCUT2D eigenvalue weighted by Crippen LogP contribution is -2.17. The van der Waals surface area contributed by atoms with E-state index in [4.69, 9.17) is 9.47 Å². The van der Waals surface area contributed by atoms with Crippen LogP contribution in [-0.4, -0.2) is 23.7 Å². The monoisotopic (exact) mass is 380 g/mol. The Morgan fingerprint density at radius 1 is 1.19 bits per heavy atom. The minimum Gasteiger partial charge on any atom is -0.486 e. The summed E-state index contributed by atoms with van der Waals surface area (Å²) in [7, 11) is 0. The minimum atomic E-state index is -0.301. The first-order valence-electron chi connectivity index (χ1n) is 8.77. The lowest BCUT2D eigenvalue weighted by molar-refractivity contribution is 0.0996. The molecule has 6 heteroatoms. The van der Waals surface area contributed by atoms with Gasteiger partial charge in [-0.05, 0) is 55.3 Å². The molecule has 0 fully saturated rings. The number of rotatable bonds is 3. The van der Waals surface area contributed by atoms with Crippen molar-refractivity contribution >= 4 is 27.5 Å². The predicted octanol–water partition coefficient (Wildman–Crippen LogP) is 4.02. The molecule has 5 nitrogen and oxygen atoms in total. The van der Waals surface area contributed by atoms with Crippen molar-refractivity contribution in [3.63, 3.8) is 0 Å². The number of thiazole rings is 1. The number of hydrogen-bond donors (Lipinski definition) is 0. The van der Waals surface area contributed by atoms with Gasteiger partial charge in [-0.15, -0.1) is 6.58 Å². The third-order valence-electron chi connectivity index (χ3n) is 4.60. The van der Waals surface area contributed by atoms with Crippen LogP contribution in [0.4, 0.5) is 0 Å². The highest BCUT2D eigenvalue weighted by molar-refractivity contribution is 7.16. The zero-order valence-corrected chi connectivity index (χ0v) is 16.1. The Balaban J connectivity index is 1.80. The van der Waals surface area contributed by atoms with Crippen molar-refractivity contribution < 1.29 is 14.3 Å². The van der Waals surface area contributed by atoms with Gasteiger partial charge in [-0.3, -0.25) is 4.79 Å². The highest BCUT2D eigenvalue weighted by Gasteiger charge is 2.15. The molecule has 0 bridgehead atoms. The van der Waals surface area contributed by atoms with Crippen molar-refractivity contribution in [1.29, 1.82) is 0 Å². The summed E-state index contributed by atoms with van der Waals surface area (Å²) in [6.45, 7) is 9.60. The van der Waals surface area contributed by atoms with Gasteiger partial charge in [-0.2, -0.15) is 4.99 Å². The minimum absolute atomic E-state index is 0.301. The molecular formula is C21H20N2O3S. The number of allylic oxidation sites excluding steroid dienone is 1. The zero-order chi connectivity index (χ0) is 19.0. The van der Waals surface area contributed by atoms with E-state index in [0.29, 0.717) is 41.6 Å². The fourth-order valence-corrected chi connectivity index (χ4v) is 4.16. The van der Waals surface area contributed by atoms with E-state index in [2.05, 4.69) is 37.6 Å². The smallest absolute Gasteiger partial charge is 0.279 e. The van der Waals surface area contributed by atoms with Crippen molar-refractivity contribution in [3.8, 4) is 11.5 Å². The number of nitrogens with zero attached hydrogens (tertiary/aromatic N) is 2. The van der Waals surface area contributed by atoms with Crippen LogP contribution >= 0.6 is 11.3 Å². The fourth-order valence-electron chi connectivity index (χ4n) is 3.04. The predicted molar refractivity (Wildman–Crippen MR) is 107 cm³/mol. The highest BCUT2D eigenvalue weighted by atomic mass is 32.1. The van der Waals surface area contributed by atoms with E-state index < -0.39 is 0 Å². The van der Waals surface area contributed by atoms with E-state index in [9.17, 15) is 4.79 Å². The molecule has 1 amide bonds. The molecule has 0 saturated heterocycles. The third kappa shape index (κ3) is 3.28. The number of fused-ring (bicyclic) bond motifs is 2. The number of aromatic nitrogens is 1. The number of amides is 1. The Hall–Kier alpha value is -2.86. The van der Waals surface area contributed by atoms with Crippen molar-refractivity contribution in [2.24, 2.45) is 4.99 Å². The number of aryl methyl sites for hydroxylation is 2. The second-order valence-corrected chi connectivity index (χ2v) is 7.47. The molecular weight excluding hydrogens is 360 g/mol. The van der Waals surface area contributed by atoms with E-state index in [0.717, 1.165) is 10.2 Å². The lowest BCUT2D eigenvalue weighted by Gasteiger charge is -2.18. The van der Waals surface area contributed by atoms with Gasteiger partial charge in [0.25, 0.3) is 5.91 Å². The van der Waals surface area contributed by atoms with Gasteiger partial charge in [-0.25, -0.2) is 0 Å². The van der Waals surface area contributed by atoms with E-state index in [1.807, 2.05) is 10.6 Å². The highest BCUT2D eigenvalue weighted by Crippen LogP contribution is 2.31. The Bertz CT molecular complexity index is 1120. The molecule has 0 aliphatic carbocycles. The van der Waals surface area contributed by atoms with Gasteiger partial charge >= 0.3 is 0 Å². The molecule has 1 aromatic heterocycles. The van der Waals surface area contributed by atoms with Crippen LogP contribution < -0.4 is 14.3 Å². The first-order chi connectivity index (χ1) is 13.1. The normalized spacial score (nSPS) is 13.8. The van der Waals surface area contributed by atoms with Crippen LogP contribution in [0.15, 0.2) is 48.0 Å². The average molecular weight is 380 g/mol. The summed E-state index contributed by atoms with van der Waals surface area (Å²) in [5.74, 6) is 0.945. The van der Waals surface area contributed by atoms with Gasteiger partial charge in [0.05, 0.1) is 10.2 Å². The summed E-state index contributed by atoms with van der Waals surface area (Å²) in [5, 5.41) is 0. The average Bonchev–Trinajstić information content (AvgIpc) is 2.98.